The van der Waals surface area contributed by atoms with Crippen molar-refractivity contribution in [2.24, 2.45) is 0 Å². The number of urea groups is 1. The van der Waals surface area contributed by atoms with E-state index in [0.29, 0.717) is 29.5 Å². The first-order valence-corrected chi connectivity index (χ1v) is 12.6. The molecule has 0 aliphatic rings. The van der Waals surface area contributed by atoms with Gasteiger partial charge in [-0.2, -0.15) is 26.3 Å². The monoisotopic (exact) mass is 636 g/mol. The number of halogens is 8. The molecule has 0 radical (unpaired) electrons. The zero-order valence-corrected chi connectivity index (χ0v) is 22.4. The second kappa shape index (κ2) is 11.5. The number of nitrogens with one attached hydrogen (secondary N) is 3. The van der Waals surface area contributed by atoms with E-state index in [9.17, 15) is 40.3 Å². The maximum atomic E-state index is 13.6. The Morgan fingerprint density at radius 2 is 1.50 bits per heavy atom. The Morgan fingerprint density at radius 1 is 0.795 bits per heavy atom. The van der Waals surface area contributed by atoms with Gasteiger partial charge in [0.15, 0.2) is 11.5 Å². The van der Waals surface area contributed by atoms with Crippen LogP contribution in [0.2, 0.25) is 5.02 Å². The molecule has 5 aromatic rings. The summed E-state index contributed by atoms with van der Waals surface area (Å²) >= 11 is 5.61. The van der Waals surface area contributed by atoms with Crippen molar-refractivity contribution in [3.8, 4) is 11.3 Å². The molecular weight excluding hydrogens is 621 g/mol. The van der Waals surface area contributed by atoms with Gasteiger partial charge in [0.25, 0.3) is 5.91 Å². The van der Waals surface area contributed by atoms with E-state index < -0.39 is 51.8 Å². The van der Waals surface area contributed by atoms with Crippen LogP contribution in [-0.2, 0) is 12.4 Å². The topological polar surface area (TPSA) is 100 Å². The lowest BCUT2D eigenvalue weighted by atomic mass is 10.1. The van der Waals surface area contributed by atoms with Crippen LogP contribution in [0.3, 0.4) is 0 Å². The molecule has 8 nitrogen and oxygen atoms in total. The quantitative estimate of drug-likeness (QED) is 0.170. The minimum Gasteiger partial charge on any atom is -0.308 e. The van der Waals surface area contributed by atoms with Crippen LogP contribution >= 0.6 is 11.6 Å². The first-order chi connectivity index (χ1) is 20.7. The zero-order valence-electron chi connectivity index (χ0n) is 21.7. The summed E-state index contributed by atoms with van der Waals surface area (Å²) in [4.78, 5) is 33.5. The van der Waals surface area contributed by atoms with Gasteiger partial charge in [0.2, 0.25) is 0 Å². The molecule has 0 fully saturated rings. The van der Waals surface area contributed by atoms with Crippen molar-refractivity contribution in [1.82, 2.24) is 14.4 Å². The Balaban J connectivity index is 1.35. The van der Waals surface area contributed by atoms with Crippen molar-refractivity contribution in [1.29, 1.82) is 0 Å². The number of carbonyl (C=O) groups is 2. The first-order valence-electron chi connectivity index (χ1n) is 12.3. The van der Waals surface area contributed by atoms with Gasteiger partial charge in [-0.15, -0.1) is 0 Å². The van der Waals surface area contributed by atoms with Crippen LogP contribution in [0.1, 0.15) is 21.5 Å². The molecule has 226 valence electrons. The summed E-state index contributed by atoms with van der Waals surface area (Å²) in [5.41, 5.74) is -1.96. The molecule has 0 atom stereocenters. The van der Waals surface area contributed by atoms with Gasteiger partial charge in [-0.3, -0.25) is 9.20 Å². The van der Waals surface area contributed by atoms with Gasteiger partial charge in [0.1, 0.15) is 5.82 Å². The van der Waals surface area contributed by atoms with E-state index in [2.05, 4.69) is 25.9 Å². The van der Waals surface area contributed by atoms with Crippen molar-refractivity contribution < 1.29 is 40.3 Å². The second-order valence-electron chi connectivity index (χ2n) is 9.11. The molecule has 3 N–H and O–H groups in total. The SMILES string of the molecule is O=C(Nc1cccc(-c2cnc3c(NC(=O)c4ccc(F)c(C(F)(F)F)c4)nccn23)c1)Nc1ccc(Cl)c(C(F)(F)F)c1. The number of carbonyl (C=O) groups excluding carboxylic acids is 2. The number of alkyl halides is 6. The Hall–Kier alpha value is -5.18. The molecule has 44 heavy (non-hydrogen) atoms. The van der Waals surface area contributed by atoms with E-state index in [1.165, 1.54) is 35.1 Å². The highest BCUT2D eigenvalue weighted by atomic mass is 35.5. The summed E-state index contributed by atoms with van der Waals surface area (Å²) in [5, 5.41) is 6.68. The zero-order chi connectivity index (χ0) is 31.8. The number of imidazole rings is 1. The summed E-state index contributed by atoms with van der Waals surface area (Å²) in [6.07, 6.45) is -5.51. The molecule has 0 unspecified atom stereocenters. The highest BCUT2D eigenvalue weighted by molar-refractivity contribution is 6.31. The Labute approximate surface area is 247 Å². The van der Waals surface area contributed by atoms with E-state index in [1.807, 2.05) is 0 Å². The van der Waals surface area contributed by atoms with Gasteiger partial charge >= 0.3 is 18.4 Å². The third-order valence-electron chi connectivity index (χ3n) is 6.14. The Kier molecular flexibility index (Phi) is 7.90. The van der Waals surface area contributed by atoms with Gasteiger partial charge < -0.3 is 16.0 Å². The largest absolute Gasteiger partial charge is 0.419 e. The first kappa shape index (κ1) is 30.3. The molecule has 0 saturated heterocycles. The van der Waals surface area contributed by atoms with E-state index in [4.69, 9.17) is 11.6 Å². The van der Waals surface area contributed by atoms with Crippen LogP contribution < -0.4 is 16.0 Å². The van der Waals surface area contributed by atoms with Gasteiger partial charge in [0, 0.05) is 34.9 Å². The van der Waals surface area contributed by atoms with Crippen LogP contribution in [-0.4, -0.2) is 26.3 Å². The fraction of sp³-hybridized carbons (Fsp3) is 0.0714. The molecule has 3 aromatic carbocycles. The van der Waals surface area contributed by atoms with E-state index in [-0.39, 0.29) is 22.8 Å². The second-order valence-corrected chi connectivity index (χ2v) is 9.52. The van der Waals surface area contributed by atoms with Crippen LogP contribution in [0.25, 0.3) is 16.9 Å². The molecule has 0 spiro atoms. The van der Waals surface area contributed by atoms with Crippen molar-refractivity contribution in [3.05, 3.63) is 107 Å². The number of anilines is 3. The predicted octanol–water partition coefficient (Wildman–Crippen LogP) is 8.12. The summed E-state index contributed by atoms with van der Waals surface area (Å²) in [6, 6.07) is 10.2. The Morgan fingerprint density at radius 3 is 2.20 bits per heavy atom. The van der Waals surface area contributed by atoms with Gasteiger partial charge in [-0.1, -0.05) is 23.7 Å². The molecule has 2 heterocycles. The number of benzene rings is 3. The number of rotatable bonds is 5. The number of hydrogen-bond donors (Lipinski definition) is 3. The van der Waals surface area contributed by atoms with Gasteiger partial charge in [-0.05, 0) is 48.5 Å². The fourth-order valence-corrected chi connectivity index (χ4v) is 4.38. The standard InChI is InChI=1S/C28H16ClF7N6O2/c29-20-6-5-17(12-18(20)27(31,32)33)40-26(44)39-16-3-1-2-14(10-16)22-13-38-24-23(37-8-9-42(22)24)41-25(43)15-4-7-21(30)19(11-15)28(34,35)36/h1-13H,(H,37,41,43)(H2,39,40,44). The summed E-state index contributed by atoms with van der Waals surface area (Å²) < 4.78 is 93.8. The highest BCUT2D eigenvalue weighted by Crippen LogP contribution is 2.36. The highest BCUT2D eigenvalue weighted by Gasteiger charge is 2.35. The van der Waals surface area contributed by atoms with Crippen molar-refractivity contribution >= 4 is 46.4 Å². The molecule has 16 heteroatoms. The van der Waals surface area contributed by atoms with E-state index >= 15 is 0 Å². The van der Waals surface area contributed by atoms with Crippen LogP contribution in [0.15, 0.2) is 79.3 Å². The maximum Gasteiger partial charge on any atom is 0.419 e. The van der Waals surface area contributed by atoms with Gasteiger partial charge in [0.05, 0.1) is 28.0 Å². The smallest absolute Gasteiger partial charge is 0.308 e. The lowest BCUT2D eigenvalue weighted by molar-refractivity contribution is -0.140. The molecule has 2 aromatic heterocycles. The molecule has 0 aliphatic carbocycles. The summed E-state index contributed by atoms with van der Waals surface area (Å²) in [5.74, 6) is -2.61. The summed E-state index contributed by atoms with van der Waals surface area (Å²) in [6.45, 7) is 0. The minimum atomic E-state index is -5.01. The molecule has 0 bridgehead atoms. The number of hydrogen-bond acceptors (Lipinski definition) is 4. The number of aromatic nitrogens is 3. The van der Waals surface area contributed by atoms with E-state index in [1.54, 1.807) is 18.2 Å². The Bertz CT molecular complexity index is 1910. The average Bonchev–Trinajstić information content (AvgIpc) is 3.38. The van der Waals surface area contributed by atoms with Gasteiger partial charge in [-0.25, -0.2) is 19.2 Å². The normalized spacial score (nSPS) is 11.8. The molecule has 0 aliphatic heterocycles. The molecule has 3 amide bonds. The number of nitrogens with zero attached hydrogens (tertiary/aromatic N) is 3. The number of fused-ring (bicyclic) bond motifs is 1. The average molecular weight is 637 g/mol. The van der Waals surface area contributed by atoms with Crippen molar-refractivity contribution in [2.75, 3.05) is 16.0 Å². The third-order valence-corrected chi connectivity index (χ3v) is 6.47. The molecular formula is C28H16ClF7N6O2. The lowest BCUT2D eigenvalue weighted by Gasteiger charge is -2.13. The van der Waals surface area contributed by atoms with E-state index in [0.717, 1.165) is 12.1 Å². The van der Waals surface area contributed by atoms with Crippen molar-refractivity contribution in [3.63, 3.8) is 0 Å². The van der Waals surface area contributed by atoms with Crippen LogP contribution in [0, 0.1) is 5.82 Å². The fourth-order valence-electron chi connectivity index (χ4n) is 4.15. The third kappa shape index (κ3) is 6.41. The van der Waals surface area contributed by atoms with Crippen LogP contribution in [0.5, 0.6) is 0 Å². The molecule has 5 rings (SSSR count). The number of amides is 3. The maximum absolute atomic E-state index is 13.6. The predicted molar refractivity (Wildman–Crippen MR) is 147 cm³/mol. The summed E-state index contributed by atoms with van der Waals surface area (Å²) in [7, 11) is 0. The van der Waals surface area contributed by atoms with Crippen LogP contribution in [0.4, 0.5) is 52.7 Å². The lowest BCUT2D eigenvalue weighted by Crippen LogP contribution is -2.20. The minimum absolute atomic E-state index is 0.100. The van der Waals surface area contributed by atoms with Crippen molar-refractivity contribution in [2.45, 2.75) is 12.4 Å². The molecule has 0 saturated carbocycles.